The molecular formula is C17H17Cl2NO2. The highest BCUT2D eigenvalue weighted by Gasteiger charge is 2.12. The van der Waals surface area contributed by atoms with Gasteiger partial charge in [-0.15, -0.1) is 0 Å². The molecule has 3 nitrogen and oxygen atoms in total. The molecule has 0 saturated heterocycles. The molecule has 0 aliphatic rings. The topological polar surface area (TPSA) is 38.3 Å². The third-order valence-corrected chi connectivity index (χ3v) is 3.76. The molecule has 1 N–H and O–H groups in total. The molecule has 0 atom stereocenters. The summed E-state index contributed by atoms with van der Waals surface area (Å²) in [7, 11) is 0. The molecule has 1 amide bonds. The van der Waals surface area contributed by atoms with Gasteiger partial charge in [0.15, 0.2) is 0 Å². The summed E-state index contributed by atoms with van der Waals surface area (Å²) >= 11 is 11.9. The highest BCUT2D eigenvalue weighted by atomic mass is 35.5. The van der Waals surface area contributed by atoms with Gasteiger partial charge in [0.25, 0.3) is 5.91 Å². The van der Waals surface area contributed by atoms with Crippen molar-refractivity contribution in [3.63, 3.8) is 0 Å². The third kappa shape index (κ3) is 4.39. The maximum atomic E-state index is 12.1. The Morgan fingerprint density at radius 1 is 1.14 bits per heavy atom. The summed E-state index contributed by atoms with van der Waals surface area (Å²) in [6.45, 7) is 4.36. The van der Waals surface area contributed by atoms with Crippen LogP contribution in [0.15, 0.2) is 42.5 Å². The Morgan fingerprint density at radius 2 is 1.82 bits per heavy atom. The summed E-state index contributed by atoms with van der Waals surface area (Å²) in [6.07, 6.45) is 0.135. The summed E-state index contributed by atoms with van der Waals surface area (Å²) < 4.78 is 5.57. The standard InChI is InChI=1S/C17H17Cl2NO2/c1-11(2)22-13-8-6-12(7-9-13)10-20-17(21)14-4-3-5-15(18)16(14)19/h3-9,11H,10H2,1-2H3,(H,20,21). The lowest BCUT2D eigenvalue weighted by Crippen LogP contribution is -2.23. The Kier molecular flexibility index (Phi) is 5.69. The van der Waals surface area contributed by atoms with Crippen LogP contribution in [-0.2, 0) is 6.54 Å². The average molecular weight is 338 g/mol. The molecule has 0 heterocycles. The molecule has 0 aliphatic carbocycles. The number of halogens is 2. The first-order valence-electron chi connectivity index (χ1n) is 6.95. The number of rotatable bonds is 5. The van der Waals surface area contributed by atoms with Gasteiger partial charge in [0.1, 0.15) is 5.75 Å². The Hall–Kier alpha value is -1.71. The molecule has 0 fully saturated rings. The Balaban J connectivity index is 1.97. The van der Waals surface area contributed by atoms with Gasteiger partial charge in [-0.3, -0.25) is 4.79 Å². The predicted octanol–water partition coefficient (Wildman–Crippen LogP) is 4.71. The second-order valence-electron chi connectivity index (χ2n) is 5.09. The van der Waals surface area contributed by atoms with Gasteiger partial charge in [0.2, 0.25) is 0 Å². The SMILES string of the molecule is CC(C)Oc1ccc(CNC(=O)c2cccc(Cl)c2Cl)cc1. The zero-order valence-electron chi connectivity index (χ0n) is 12.4. The third-order valence-electron chi connectivity index (χ3n) is 2.94. The van der Waals surface area contributed by atoms with E-state index in [-0.39, 0.29) is 17.0 Å². The molecule has 5 heteroatoms. The molecule has 0 aromatic heterocycles. The van der Waals surface area contributed by atoms with Crippen molar-refractivity contribution in [1.82, 2.24) is 5.32 Å². The van der Waals surface area contributed by atoms with Crippen LogP contribution in [0.2, 0.25) is 10.0 Å². The normalized spacial score (nSPS) is 10.6. The average Bonchev–Trinajstić information content (AvgIpc) is 2.48. The fourth-order valence-corrected chi connectivity index (χ4v) is 2.30. The van der Waals surface area contributed by atoms with Gasteiger partial charge >= 0.3 is 0 Å². The number of hydrogen-bond acceptors (Lipinski definition) is 2. The summed E-state index contributed by atoms with van der Waals surface area (Å²) in [5, 5.41) is 3.45. The van der Waals surface area contributed by atoms with Crippen LogP contribution in [-0.4, -0.2) is 12.0 Å². The predicted molar refractivity (Wildman–Crippen MR) is 89.8 cm³/mol. The Bertz CT molecular complexity index is 654. The van der Waals surface area contributed by atoms with E-state index in [0.717, 1.165) is 11.3 Å². The molecule has 116 valence electrons. The number of benzene rings is 2. The number of carbonyl (C=O) groups is 1. The molecule has 0 spiro atoms. The molecule has 22 heavy (non-hydrogen) atoms. The summed E-state index contributed by atoms with van der Waals surface area (Å²) in [5.74, 6) is 0.554. The zero-order valence-corrected chi connectivity index (χ0v) is 13.9. The fraction of sp³-hybridized carbons (Fsp3) is 0.235. The van der Waals surface area contributed by atoms with Crippen LogP contribution in [0.1, 0.15) is 29.8 Å². The molecule has 2 rings (SSSR count). The van der Waals surface area contributed by atoms with Crippen molar-refractivity contribution < 1.29 is 9.53 Å². The number of ether oxygens (including phenoxy) is 1. The lowest BCUT2D eigenvalue weighted by atomic mass is 10.2. The molecule has 0 unspecified atom stereocenters. The maximum Gasteiger partial charge on any atom is 0.253 e. The number of nitrogens with one attached hydrogen (secondary N) is 1. The fourth-order valence-electron chi connectivity index (χ4n) is 1.91. The van der Waals surface area contributed by atoms with Crippen molar-refractivity contribution in [3.8, 4) is 5.75 Å². The molecule has 0 saturated carbocycles. The lowest BCUT2D eigenvalue weighted by Gasteiger charge is -2.11. The molecule has 0 bridgehead atoms. The minimum Gasteiger partial charge on any atom is -0.491 e. The minimum atomic E-state index is -0.255. The highest BCUT2D eigenvalue weighted by molar-refractivity contribution is 6.43. The van der Waals surface area contributed by atoms with Gasteiger partial charge in [0.05, 0.1) is 21.7 Å². The van der Waals surface area contributed by atoms with Gasteiger partial charge in [0, 0.05) is 6.54 Å². The first-order valence-corrected chi connectivity index (χ1v) is 7.71. The van der Waals surface area contributed by atoms with E-state index in [1.807, 2.05) is 38.1 Å². The summed E-state index contributed by atoms with van der Waals surface area (Å²) in [5.41, 5.74) is 1.34. The van der Waals surface area contributed by atoms with Crippen LogP contribution < -0.4 is 10.1 Å². The smallest absolute Gasteiger partial charge is 0.253 e. The van der Waals surface area contributed by atoms with Crippen molar-refractivity contribution in [2.24, 2.45) is 0 Å². The van der Waals surface area contributed by atoms with Crippen molar-refractivity contribution >= 4 is 29.1 Å². The van der Waals surface area contributed by atoms with Gasteiger partial charge < -0.3 is 10.1 Å². The lowest BCUT2D eigenvalue weighted by molar-refractivity contribution is 0.0951. The molecule has 2 aromatic carbocycles. The first kappa shape index (κ1) is 16.7. The van der Waals surface area contributed by atoms with Crippen molar-refractivity contribution in [2.45, 2.75) is 26.5 Å². The van der Waals surface area contributed by atoms with E-state index in [9.17, 15) is 4.79 Å². The van der Waals surface area contributed by atoms with Gasteiger partial charge in [-0.2, -0.15) is 0 Å². The van der Waals surface area contributed by atoms with E-state index < -0.39 is 0 Å². The Morgan fingerprint density at radius 3 is 2.45 bits per heavy atom. The van der Waals surface area contributed by atoms with Gasteiger partial charge in [-0.1, -0.05) is 41.4 Å². The second-order valence-corrected chi connectivity index (χ2v) is 5.88. The van der Waals surface area contributed by atoms with Crippen molar-refractivity contribution in [2.75, 3.05) is 0 Å². The van der Waals surface area contributed by atoms with E-state index in [0.29, 0.717) is 17.1 Å². The first-order chi connectivity index (χ1) is 10.5. The Labute approximate surface area is 140 Å². The monoisotopic (exact) mass is 337 g/mol. The highest BCUT2D eigenvalue weighted by Crippen LogP contribution is 2.25. The van der Waals surface area contributed by atoms with Crippen molar-refractivity contribution in [3.05, 3.63) is 63.6 Å². The number of hydrogen-bond donors (Lipinski definition) is 1. The van der Waals surface area contributed by atoms with Crippen LogP contribution in [0.4, 0.5) is 0 Å². The minimum absolute atomic E-state index is 0.135. The van der Waals surface area contributed by atoms with Gasteiger partial charge in [-0.05, 0) is 43.7 Å². The largest absolute Gasteiger partial charge is 0.491 e. The van der Waals surface area contributed by atoms with Gasteiger partial charge in [-0.25, -0.2) is 0 Å². The van der Waals surface area contributed by atoms with Crippen LogP contribution in [0.25, 0.3) is 0 Å². The second kappa shape index (κ2) is 7.52. The molecule has 2 aromatic rings. The van der Waals surface area contributed by atoms with E-state index in [1.54, 1.807) is 18.2 Å². The zero-order chi connectivity index (χ0) is 16.1. The van der Waals surface area contributed by atoms with E-state index in [2.05, 4.69) is 5.32 Å². The van der Waals surface area contributed by atoms with E-state index in [1.165, 1.54) is 0 Å². The number of amides is 1. The van der Waals surface area contributed by atoms with Crippen molar-refractivity contribution in [1.29, 1.82) is 0 Å². The van der Waals surface area contributed by atoms with E-state index >= 15 is 0 Å². The quantitative estimate of drug-likeness (QED) is 0.857. The molecule has 0 radical (unpaired) electrons. The summed E-state index contributed by atoms with van der Waals surface area (Å²) in [6, 6.07) is 12.6. The van der Waals surface area contributed by atoms with Crippen LogP contribution >= 0.6 is 23.2 Å². The molecular weight excluding hydrogens is 321 g/mol. The maximum absolute atomic E-state index is 12.1. The van der Waals surface area contributed by atoms with Crippen LogP contribution in [0.5, 0.6) is 5.75 Å². The number of carbonyl (C=O) groups excluding carboxylic acids is 1. The van der Waals surface area contributed by atoms with Crippen LogP contribution in [0, 0.1) is 0 Å². The van der Waals surface area contributed by atoms with Crippen LogP contribution in [0.3, 0.4) is 0 Å². The van der Waals surface area contributed by atoms with E-state index in [4.69, 9.17) is 27.9 Å². The summed E-state index contributed by atoms with van der Waals surface area (Å²) in [4.78, 5) is 12.1. The molecule has 0 aliphatic heterocycles.